The summed E-state index contributed by atoms with van der Waals surface area (Å²) >= 11 is 5.94. The van der Waals surface area contributed by atoms with Crippen molar-refractivity contribution in [3.05, 3.63) is 34.3 Å². The van der Waals surface area contributed by atoms with Gasteiger partial charge < -0.3 is 10.2 Å². The van der Waals surface area contributed by atoms with Crippen LogP contribution in [0.25, 0.3) is 0 Å². The molecule has 0 saturated carbocycles. The van der Waals surface area contributed by atoms with Crippen LogP contribution in [0.2, 0.25) is 5.02 Å². The van der Waals surface area contributed by atoms with Crippen LogP contribution in [-0.4, -0.2) is 36.5 Å². The van der Waals surface area contributed by atoms with Gasteiger partial charge in [0.1, 0.15) is 5.54 Å². The number of carbonyl (C=O) groups is 1. The number of benzene rings is 1. The van der Waals surface area contributed by atoms with E-state index in [9.17, 15) is 10.1 Å². The molecule has 0 spiro atoms. The highest BCUT2D eigenvalue weighted by atomic mass is 35.5. The average Bonchev–Trinajstić information content (AvgIpc) is 2.44. The minimum Gasteiger partial charge on any atom is -0.334 e. The van der Waals surface area contributed by atoms with Crippen molar-refractivity contribution in [3.63, 3.8) is 0 Å². The van der Waals surface area contributed by atoms with Crippen molar-refractivity contribution in [1.82, 2.24) is 10.2 Å². The number of carbonyl (C=O) groups excluding carboxylic acids is 1. The number of rotatable bonds is 2. The first-order chi connectivity index (χ1) is 9.46. The van der Waals surface area contributed by atoms with Crippen LogP contribution in [0.3, 0.4) is 0 Å². The molecular formula is C15H18ClN3O. The predicted octanol–water partition coefficient (Wildman–Crippen LogP) is 2.37. The second kappa shape index (κ2) is 5.82. The Labute approximate surface area is 124 Å². The van der Waals surface area contributed by atoms with Crippen molar-refractivity contribution < 1.29 is 4.79 Å². The summed E-state index contributed by atoms with van der Waals surface area (Å²) in [6.07, 6.45) is 1.29. The summed E-state index contributed by atoms with van der Waals surface area (Å²) in [5.74, 6) is -0.226. The molecule has 1 aliphatic heterocycles. The molecule has 1 heterocycles. The molecule has 1 N–H and O–H groups in total. The molecule has 1 fully saturated rings. The summed E-state index contributed by atoms with van der Waals surface area (Å²) in [5, 5.41) is 12.9. The third-order valence-corrected chi connectivity index (χ3v) is 4.09. The van der Waals surface area contributed by atoms with E-state index < -0.39 is 5.54 Å². The fourth-order valence-corrected chi connectivity index (χ4v) is 2.56. The van der Waals surface area contributed by atoms with Crippen LogP contribution in [0, 0.1) is 18.3 Å². The molecule has 0 radical (unpaired) electrons. The predicted molar refractivity (Wildman–Crippen MR) is 78.7 cm³/mol. The van der Waals surface area contributed by atoms with E-state index in [2.05, 4.69) is 16.3 Å². The summed E-state index contributed by atoms with van der Waals surface area (Å²) in [4.78, 5) is 14.6. The number of hydrogen-bond acceptors (Lipinski definition) is 3. The van der Waals surface area contributed by atoms with Crippen molar-refractivity contribution in [2.45, 2.75) is 25.3 Å². The lowest BCUT2D eigenvalue weighted by molar-refractivity contribution is 0.0881. The number of nitrogens with one attached hydrogen (secondary N) is 1. The van der Waals surface area contributed by atoms with E-state index in [1.807, 2.05) is 20.0 Å². The molecule has 0 unspecified atom stereocenters. The Balaban J connectivity index is 2.18. The molecule has 1 amide bonds. The van der Waals surface area contributed by atoms with Crippen LogP contribution in [0.1, 0.15) is 28.8 Å². The molecule has 106 valence electrons. The Bertz CT molecular complexity index is 557. The van der Waals surface area contributed by atoms with Crippen LogP contribution >= 0.6 is 11.6 Å². The molecule has 20 heavy (non-hydrogen) atoms. The van der Waals surface area contributed by atoms with E-state index in [1.165, 1.54) is 0 Å². The topological polar surface area (TPSA) is 56.1 Å². The highest BCUT2D eigenvalue weighted by Gasteiger charge is 2.35. The van der Waals surface area contributed by atoms with Crippen molar-refractivity contribution in [2.75, 3.05) is 20.1 Å². The summed E-state index contributed by atoms with van der Waals surface area (Å²) in [6, 6.07) is 7.49. The normalized spacial score (nSPS) is 18.3. The molecule has 5 heteroatoms. The number of piperidine rings is 1. The first-order valence-electron chi connectivity index (χ1n) is 6.64. The van der Waals surface area contributed by atoms with E-state index in [4.69, 9.17) is 11.6 Å². The summed E-state index contributed by atoms with van der Waals surface area (Å²) in [5.41, 5.74) is 0.622. The van der Waals surface area contributed by atoms with Gasteiger partial charge in [-0.15, -0.1) is 0 Å². The van der Waals surface area contributed by atoms with E-state index in [0.717, 1.165) is 18.7 Å². The van der Waals surface area contributed by atoms with E-state index >= 15 is 0 Å². The molecule has 0 aliphatic carbocycles. The van der Waals surface area contributed by atoms with Crippen LogP contribution in [0.15, 0.2) is 18.2 Å². The first-order valence-corrected chi connectivity index (χ1v) is 7.02. The van der Waals surface area contributed by atoms with Gasteiger partial charge in [0, 0.05) is 23.7 Å². The Morgan fingerprint density at radius 3 is 2.70 bits per heavy atom. The third-order valence-electron chi connectivity index (χ3n) is 3.85. The van der Waals surface area contributed by atoms with Gasteiger partial charge in [-0.1, -0.05) is 17.7 Å². The van der Waals surface area contributed by atoms with Crippen LogP contribution in [0.4, 0.5) is 0 Å². The third kappa shape index (κ3) is 3.12. The monoisotopic (exact) mass is 291 g/mol. The summed E-state index contributed by atoms with van der Waals surface area (Å²) in [7, 11) is 2.02. The van der Waals surface area contributed by atoms with Gasteiger partial charge >= 0.3 is 0 Å². The van der Waals surface area contributed by atoms with Crippen molar-refractivity contribution >= 4 is 17.5 Å². The molecule has 1 aliphatic rings. The van der Waals surface area contributed by atoms with Crippen molar-refractivity contribution in [1.29, 1.82) is 5.26 Å². The SMILES string of the molecule is Cc1ccc(Cl)cc1C(=O)NC1(C#N)CCN(C)CC1. The minimum absolute atomic E-state index is 0.226. The standard InChI is InChI=1S/C15H18ClN3O/c1-11-3-4-12(16)9-13(11)14(20)18-15(10-17)5-7-19(2)8-6-15/h3-4,9H,5-8H2,1-2H3,(H,18,20). The average molecular weight is 292 g/mol. The fourth-order valence-electron chi connectivity index (χ4n) is 2.39. The molecule has 0 bridgehead atoms. The molecule has 2 rings (SSSR count). The summed E-state index contributed by atoms with van der Waals surface area (Å²) < 4.78 is 0. The zero-order valence-corrected chi connectivity index (χ0v) is 12.5. The van der Waals surface area contributed by atoms with Gasteiger partial charge in [-0.25, -0.2) is 0 Å². The molecule has 0 aromatic heterocycles. The Morgan fingerprint density at radius 1 is 1.45 bits per heavy atom. The van der Waals surface area contributed by atoms with E-state index in [-0.39, 0.29) is 5.91 Å². The smallest absolute Gasteiger partial charge is 0.252 e. The highest BCUT2D eigenvalue weighted by Crippen LogP contribution is 2.22. The zero-order valence-electron chi connectivity index (χ0n) is 11.7. The van der Waals surface area contributed by atoms with Crippen LogP contribution in [-0.2, 0) is 0 Å². The van der Waals surface area contributed by atoms with Gasteiger partial charge in [0.2, 0.25) is 0 Å². The molecule has 4 nitrogen and oxygen atoms in total. The maximum absolute atomic E-state index is 12.4. The van der Waals surface area contributed by atoms with E-state index in [1.54, 1.807) is 12.1 Å². The number of nitrogens with zero attached hydrogens (tertiary/aromatic N) is 2. The first kappa shape index (κ1) is 14.8. The van der Waals surface area contributed by atoms with Crippen LogP contribution < -0.4 is 5.32 Å². The molecule has 1 aromatic rings. The second-order valence-corrected chi connectivity index (χ2v) is 5.85. The van der Waals surface area contributed by atoms with Gasteiger partial charge in [-0.3, -0.25) is 4.79 Å². The minimum atomic E-state index is -0.766. The lowest BCUT2D eigenvalue weighted by Crippen LogP contribution is -2.53. The highest BCUT2D eigenvalue weighted by molar-refractivity contribution is 6.31. The van der Waals surface area contributed by atoms with Gasteiger partial charge in [0.15, 0.2) is 0 Å². The second-order valence-electron chi connectivity index (χ2n) is 5.41. The van der Waals surface area contributed by atoms with Gasteiger partial charge in [0.05, 0.1) is 6.07 Å². The Kier molecular flexibility index (Phi) is 4.32. The van der Waals surface area contributed by atoms with Crippen LogP contribution in [0.5, 0.6) is 0 Å². The van der Waals surface area contributed by atoms with Gasteiger partial charge in [0.25, 0.3) is 5.91 Å². The Hall–Kier alpha value is -1.57. The maximum atomic E-state index is 12.4. The quantitative estimate of drug-likeness (QED) is 0.910. The van der Waals surface area contributed by atoms with Crippen molar-refractivity contribution in [2.24, 2.45) is 0 Å². The zero-order chi connectivity index (χ0) is 14.8. The number of aryl methyl sites for hydroxylation is 1. The van der Waals surface area contributed by atoms with Gasteiger partial charge in [-0.2, -0.15) is 5.26 Å². The molecule has 0 atom stereocenters. The largest absolute Gasteiger partial charge is 0.334 e. The summed E-state index contributed by atoms with van der Waals surface area (Å²) in [6.45, 7) is 3.48. The van der Waals surface area contributed by atoms with Gasteiger partial charge in [-0.05, 0) is 44.5 Å². The lowest BCUT2D eigenvalue weighted by atomic mass is 9.88. The number of halogens is 1. The van der Waals surface area contributed by atoms with E-state index in [0.29, 0.717) is 23.4 Å². The van der Waals surface area contributed by atoms with Crippen molar-refractivity contribution in [3.8, 4) is 6.07 Å². The Morgan fingerprint density at radius 2 is 2.10 bits per heavy atom. The number of nitriles is 1. The number of hydrogen-bond donors (Lipinski definition) is 1. The molecular weight excluding hydrogens is 274 g/mol. The fraction of sp³-hybridized carbons (Fsp3) is 0.467. The number of amides is 1. The number of likely N-dealkylation sites (tertiary alicyclic amines) is 1. The maximum Gasteiger partial charge on any atom is 0.252 e. The molecule has 1 saturated heterocycles. The lowest BCUT2D eigenvalue weighted by Gasteiger charge is -2.36. The molecule has 1 aromatic carbocycles.